The summed E-state index contributed by atoms with van der Waals surface area (Å²) < 4.78 is 0. The van der Waals surface area contributed by atoms with E-state index in [2.05, 4.69) is 5.32 Å². The first-order valence-corrected chi connectivity index (χ1v) is 5.86. The summed E-state index contributed by atoms with van der Waals surface area (Å²) in [6.45, 7) is 3.63. The van der Waals surface area contributed by atoms with E-state index >= 15 is 0 Å². The number of β-amino-alcohol motifs (C(OH)–C–C–N with tert-alkyl or cyclic N) is 1. The van der Waals surface area contributed by atoms with Crippen LogP contribution < -0.4 is 5.32 Å². The molecule has 0 spiro atoms. The molecule has 0 radical (unpaired) electrons. The van der Waals surface area contributed by atoms with Gasteiger partial charge < -0.3 is 25.7 Å². The third kappa shape index (κ3) is 3.96. The lowest BCUT2D eigenvalue weighted by Crippen LogP contribution is -2.44. The summed E-state index contributed by atoms with van der Waals surface area (Å²) in [4.78, 5) is 0. The highest BCUT2D eigenvalue weighted by molar-refractivity contribution is 5.36. The van der Waals surface area contributed by atoms with Crippen molar-refractivity contribution in [2.45, 2.75) is 32.1 Å². The van der Waals surface area contributed by atoms with Gasteiger partial charge in [-0.3, -0.25) is 0 Å². The maximum Gasteiger partial charge on any atom is 0.121 e. The standard InChI is InChI=1S/C13H21NO4/c1-13(2,8-16)14-6-12(18)9-3-4-11(17)10(5-9)7-15/h3-5,12,14-18H,6-8H2,1-2H3. The van der Waals surface area contributed by atoms with Crippen molar-refractivity contribution in [3.8, 4) is 5.75 Å². The molecule has 0 aliphatic rings. The molecule has 0 fully saturated rings. The first kappa shape index (κ1) is 14.9. The molecule has 0 saturated heterocycles. The minimum Gasteiger partial charge on any atom is -0.508 e. The molecule has 0 amide bonds. The van der Waals surface area contributed by atoms with Gasteiger partial charge in [0.1, 0.15) is 5.75 Å². The Labute approximate surface area is 107 Å². The van der Waals surface area contributed by atoms with Crippen molar-refractivity contribution in [3.05, 3.63) is 29.3 Å². The molecule has 0 aliphatic carbocycles. The fraction of sp³-hybridized carbons (Fsp3) is 0.538. The normalized spacial score (nSPS) is 13.6. The maximum atomic E-state index is 9.98. The smallest absolute Gasteiger partial charge is 0.121 e. The topological polar surface area (TPSA) is 93.0 Å². The van der Waals surface area contributed by atoms with Gasteiger partial charge in [0.15, 0.2) is 0 Å². The lowest BCUT2D eigenvalue weighted by molar-refractivity contribution is 0.136. The molecule has 0 heterocycles. The second kappa shape index (κ2) is 6.15. The Morgan fingerprint density at radius 1 is 1.28 bits per heavy atom. The van der Waals surface area contributed by atoms with Crippen LogP contribution in [0.4, 0.5) is 0 Å². The fourth-order valence-electron chi connectivity index (χ4n) is 1.49. The highest BCUT2D eigenvalue weighted by Gasteiger charge is 2.18. The Kier molecular flexibility index (Phi) is 5.10. The molecular weight excluding hydrogens is 234 g/mol. The number of aliphatic hydroxyl groups excluding tert-OH is 3. The molecule has 18 heavy (non-hydrogen) atoms. The Hall–Kier alpha value is -1.14. The van der Waals surface area contributed by atoms with E-state index in [0.29, 0.717) is 11.1 Å². The highest BCUT2D eigenvalue weighted by atomic mass is 16.3. The van der Waals surface area contributed by atoms with Gasteiger partial charge in [0.05, 0.1) is 19.3 Å². The minimum atomic E-state index is -0.762. The maximum absolute atomic E-state index is 9.98. The molecule has 0 saturated carbocycles. The van der Waals surface area contributed by atoms with Gasteiger partial charge in [-0.2, -0.15) is 0 Å². The Bertz CT molecular complexity index is 393. The van der Waals surface area contributed by atoms with Crippen LogP contribution in [0.15, 0.2) is 18.2 Å². The van der Waals surface area contributed by atoms with E-state index in [1.807, 2.05) is 13.8 Å². The quantitative estimate of drug-likeness (QED) is 0.503. The van der Waals surface area contributed by atoms with Crippen LogP contribution in [0.25, 0.3) is 0 Å². The summed E-state index contributed by atoms with van der Waals surface area (Å²) in [5.41, 5.74) is 0.531. The molecule has 1 unspecified atom stereocenters. The number of phenols is 1. The predicted molar refractivity (Wildman–Crippen MR) is 68.2 cm³/mol. The number of rotatable bonds is 6. The Balaban J connectivity index is 2.70. The van der Waals surface area contributed by atoms with Gasteiger partial charge in [-0.1, -0.05) is 6.07 Å². The van der Waals surface area contributed by atoms with Crippen molar-refractivity contribution in [1.29, 1.82) is 0 Å². The number of hydrogen-bond acceptors (Lipinski definition) is 5. The number of aromatic hydroxyl groups is 1. The summed E-state index contributed by atoms with van der Waals surface area (Å²) in [7, 11) is 0. The van der Waals surface area contributed by atoms with Crippen molar-refractivity contribution >= 4 is 0 Å². The summed E-state index contributed by atoms with van der Waals surface area (Å²) in [6.07, 6.45) is -0.762. The number of hydrogen-bond donors (Lipinski definition) is 5. The van der Waals surface area contributed by atoms with Crippen molar-refractivity contribution in [1.82, 2.24) is 5.32 Å². The van der Waals surface area contributed by atoms with Gasteiger partial charge >= 0.3 is 0 Å². The van der Waals surface area contributed by atoms with Crippen LogP contribution in [-0.2, 0) is 6.61 Å². The van der Waals surface area contributed by atoms with E-state index in [4.69, 9.17) is 10.2 Å². The van der Waals surface area contributed by atoms with Crippen LogP contribution in [-0.4, -0.2) is 39.1 Å². The minimum absolute atomic E-state index is 0.0112. The largest absolute Gasteiger partial charge is 0.508 e. The number of nitrogens with one attached hydrogen (secondary N) is 1. The first-order valence-electron chi connectivity index (χ1n) is 5.86. The highest BCUT2D eigenvalue weighted by Crippen LogP contribution is 2.22. The second-order valence-electron chi connectivity index (χ2n) is 4.98. The SMILES string of the molecule is CC(C)(CO)NCC(O)c1ccc(O)c(CO)c1. The monoisotopic (exact) mass is 255 g/mol. The first-order chi connectivity index (χ1) is 8.39. The predicted octanol–water partition coefficient (Wildman–Crippen LogP) is 0.278. The molecule has 1 aromatic carbocycles. The lowest BCUT2D eigenvalue weighted by Gasteiger charge is -2.25. The van der Waals surface area contributed by atoms with E-state index in [0.717, 1.165) is 0 Å². The molecule has 5 N–H and O–H groups in total. The lowest BCUT2D eigenvalue weighted by atomic mass is 10.0. The van der Waals surface area contributed by atoms with Gasteiger partial charge in [0.25, 0.3) is 0 Å². The van der Waals surface area contributed by atoms with Gasteiger partial charge in [-0.25, -0.2) is 0 Å². The molecule has 5 nitrogen and oxygen atoms in total. The Morgan fingerprint density at radius 2 is 1.94 bits per heavy atom. The molecular formula is C13H21NO4. The third-order valence-electron chi connectivity index (χ3n) is 2.83. The molecule has 5 heteroatoms. The zero-order valence-corrected chi connectivity index (χ0v) is 10.7. The van der Waals surface area contributed by atoms with Crippen molar-refractivity contribution in [2.75, 3.05) is 13.2 Å². The van der Waals surface area contributed by atoms with Crippen molar-refractivity contribution < 1.29 is 20.4 Å². The molecule has 102 valence electrons. The van der Waals surface area contributed by atoms with Crippen LogP contribution in [0, 0.1) is 0 Å². The van der Waals surface area contributed by atoms with E-state index in [-0.39, 0.29) is 25.5 Å². The molecule has 1 atom stereocenters. The summed E-state index contributed by atoms with van der Waals surface area (Å²) in [5, 5.41) is 40.6. The molecule has 0 bridgehead atoms. The van der Waals surface area contributed by atoms with Crippen LogP contribution in [0.3, 0.4) is 0 Å². The van der Waals surface area contributed by atoms with Crippen LogP contribution in [0.1, 0.15) is 31.1 Å². The van der Waals surface area contributed by atoms with Crippen LogP contribution in [0.2, 0.25) is 0 Å². The van der Waals surface area contributed by atoms with Crippen LogP contribution in [0.5, 0.6) is 5.75 Å². The average Bonchev–Trinajstić information content (AvgIpc) is 2.36. The number of aliphatic hydroxyl groups is 3. The van der Waals surface area contributed by atoms with E-state index in [9.17, 15) is 10.2 Å². The second-order valence-corrected chi connectivity index (χ2v) is 4.98. The fourth-order valence-corrected chi connectivity index (χ4v) is 1.49. The van der Waals surface area contributed by atoms with Gasteiger partial charge in [-0.15, -0.1) is 0 Å². The van der Waals surface area contributed by atoms with Gasteiger partial charge in [0, 0.05) is 17.6 Å². The van der Waals surface area contributed by atoms with Crippen molar-refractivity contribution in [3.63, 3.8) is 0 Å². The zero-order chi connectivity index (χ0) is 13.8. The molecule has 1 rings (SSSR count). The van der Waals surface area contributed by atoms with E-state index < -0.39 is 11.6 Å². The Morgan fingerprint density at radius 3 is 2.50 bits per heavy atom. The van der Waals surface area contributed by atoms with Crippen LogP contribution >= 0.6 is 0 Å². The average molecular weight is 255 g/mol. The molecule has 1 aromatic rings. The number of benzene rings is 1. The summed E-state index contributed by atoms with van der Waals surface area (Å²) in [5.74, 6) is 0.0112. The molecule has 0 aliphatic heterocycles. The summed E-state index contributed by atoms with van der Waals surface area (Å²) in [6, 6.07) is 4.61. The summed E-state index contributed by atoms with van der Waals surface area (Å²) >= 11 is 0. The van der Waals surface area contributed by atoms with Crippen molar-refractivity contribution in [2.24, 2.45) is 0 Å². The van der Waals surface area contributed by atoms with E-state index in [1.54, 1.807) is 12.1 Å². The third-order valence-corrected chi connectivity index (χ3v) is 2.83. The van der Waals surface area contributed by atoms with Gasteiger partial charge in [-0.05, 0) is 31.5 Å². The van der Waals surface area contributed by atoms with Gasteiger partial charge in [0.2, 0.25) is 0 Å². The molecule has 0 aromatic heterocycles. The zero-order valence-electron chi connectivity index (χ0n) is 10.7. The van der Waals surface area contributed by atoms with E-state index in [1.165, 1.54) is 6.07 Å².